The minimum Gasteiger partial charge on any atom is -0.464 e. The number of hydrogen-bond acceptors (Lipinski definition) is 20. The van der Waals surface area contributed by atoms with Gasteiger partial charge in [-0.1, -0.05) is 12.2 Å². The molecule has 3 N–H and O–H groups in total. The number of fused-ring (bicyclic) bond motifs is 2. The number of benzene rings is 2. The minimum atomic E-state index is -4.65. The standard InChI is InChI=1S/C51H71N3O22S3/c1-51(16-4-36-77(58,59)60)44-39-42(79(64,65)66)9-11-45(44)53(19-23-70-28-31-74-35-34-72-29-26-68-20-15-50(57)76-54-48(55)12-13-49(54)56)47(51)7-3-6-40-14-21-75-46-38-41(8-10-43(40)46)52(17-5-37-78(61,62)63)18-22-69-27-30-73-33-32-71-25-24-67-2/h3,6-11,14,21,38-39H,4-5,12-13,15-20,22-37H2,1-2H3,(H2-,58,59,60,61,62,63,64,65,66)/p+1. The van der Waals surface area contributed by atoms with Gasteiger partial charge < -0.3 is 52.0 Å². The summed E-state index contributed by atoms with van der Waals surface area (Å²) in [7, 11) is -11.6. The van der Waals surface area contributed by atoms with E-state index in [0.717, 1.165) is 11.1 Å². The molecule has 1 saturated heterocycles. The first-order valence-electron chi connectivity index (χ1n) is 25.6. The molecule has 1 fully saturated rings. The van der Waals surface area contributed by atoms with Gasteiger partial charge in [-0.15, -0.1) is 5.06 Å². The number of methoxy groups -OCH3 is 1. The molecular formula is C51H72N3O22S3+. The van der Waals surface area contributed by atoms with Crippen LogP contribution in [0.25, 0.3) is 17.4 Å². The van der Waals surface area contributed by atoms with Crippen molar-refractivity contribution in [1.82, 2.24) is 9.64 Å². The predicted octanol–water partition coefficient (Wildman–Crippen LogP) is 2.78. The third kappa shape index (κ3) is 22.1. The first-order valence-corrected chi connectivity index (χ1v) is 30.2. The van der Waals surface area contributed by atoms with Gasteiger partial charge in [-0.3, -0.25) is 23.2 Å². The summed E-state index contributed by atoms with van der Waals surface area (Å²) >= 11 is 0. The molecule has 0 aromatic heterocycles. The van der Waals surface area contributed by atoms with Crippen molar-refractivity contribution in [1.29, 1.82) is 0 Å². The van der Waals surface area contributed by atoms with Crippen LogP contribution >= 0.6 is 0 Å². The lowest BCUT2D eigenvalue weighted by Crippen LogP contribution is -2.35. The van der Waals surface area contributed by atoms with Crippen LogP contribution in [0, 0.1) is 0 Å². The number of carbonyl (C=O) groups excluding carboxylic acids is 3. The van der Waals surface area contributed by atoms with Crippen molar-refractivity contribution >= 4 is 59.9 Å². The number of hydrogen-bond donors (Lipinski definition) is 3. The Bertz CT molecular complexity index is 2890. The molecule has 1 aliphatic carbocycles. The number of rotatable bonds is 39. The Labute approximate surface area is 460 Å². The molecule has 0 bridgehead atoms. The maximum absolute atomic E-state index is 12.4. The Morgan fingerprint density at radius 1 is 0.696 bits per heavy atom. The van der Waals surface area contributed by atoms with E-state index in [0.29, 0.717) is 85.9 Å². The molecule has 28 heteroatoms. The normalized spacial score (nSPS) is 17.0. The van der Waals surface area contributed by atoms with Crippen LogP contribution in [0.5, 0.6) is 0 Å². The van der Waals surface area contributed by atoms with E-state index in [1.807, 2.05) is 46.8 Å². The van der Waals surface area contributed by atoms with Crippen molar-refractivity contribution in [2.75, 3.05) is 142 Å². The van der Waals surface area contributed by atoms with Crippen LogP contribution in [0.4, 0.5) is 5.69 Å². The largest absolute Gasteiger partial charge is 0.464 e. The topological polar surface area (TPSA) is 320 Å². The molecule has 0 radical (unpaired) electrons. The highest BCUT2D eigenvalue weighted by molar-refractivity contribution is 7.86. The van der Waals surface area contributed by atoms with Crippen molar-refractivity contribution in [2.45, 2.75) is 55.8 Å². The summed E-state index contributed by atoms with van der Waals surface area (Å²) in [6.45, 7) is 6.97. The molecule has 2 amide bonds. The molecule has 3 heterocycles. The summed E-state index contributed by atoms with van der Waals surface area (Å²) in [6, 6.07) is 11.5. The van der Waals surface area contributed by atoms with Crippen molar-refractivity contribution in [2.24, 2.45) is 0 Å². The van der Waals surface area contributed by atoms with Gasteiger partial charge in [0.25, 0.3) is 42.2 Å². The lowest BCUT2D eigenvalue weighted by molar-refractivity contribution is -0.198. The number of nitrogens with zero attached hydrogens (tertiary/aromatic N) is 3. The minimum absolute atomic E-state index is 0.000251. The van der Waals surface area contributed by atoms with E-state index in [2.05, 4.69) is 0 Å². The van der Waals surface area contributed by atoms with Crippen LogP contribution < -0.4 is 14.8 Å². The molecule has 440 valence electrons. The molecule has 0 spiro atoms. The number of amides is 2. The van der Waals surface area contributed by atoms with E-state index in [-0.39, 0.29) is 109 Å². The molecule has 1 atom stereocenters. The van der Waals surface area contributed by atoms with Crippen LogP contribution in [0.3, 0.4) is 0 Å². The van der Waals surface area contributed by atoms with E-state index in [4.69, 9.17) is 47.1 Å². The van der Waals surface area contributed by atoms with E-state index in [9.17, 15) is 53.3 Å². The van der Waals surface area contributed by atoms with Crippen molar-refractivity contribution in [3.63, 3.8) is 0 Å². The molecule has 4 aliphatic rings. The molecule has 1 unspecified atom stereocenters. The Morgan fingerprint density at radius 3 is 1.86 bits per heavy atom. The van der Waals surface area contributed by atoms with Gasteiger partial charge in [0.1, 0.15) is 18.9 Å². The van der Waals surface area contributed by atoms with Gasteiger partial charge in [-0.2, -0.15) is 25.3 Å². The fraction of sp³-hybridized carbons (Fsp3) is 0.569. The van der Waals surface area contributed by atoms with Crippen LogP contribution in [0.2, 0.25) is 0 Å². The first-order chi connectivity index (χ1) is 37.7. The number of carbonyl (C=O) groups is 3. The second-order valence-corrected chi connectivity index (χ2v) is 22.8. The Morgan fingerprint density at radius 2 is 1.27 bits per heavy atom. The summed E-state index contributed by atoms with van der Waals surface area (Å²) in [5.41, 5.74) is 2.16. The fourth-order valence-electron chi connectivity index (χ4n) is 8.55. The van der Waals surface area contributed by atoms with Crippen molar-refractivity contribution < 1.29 is 100 Å². The quantitative estimate of drug-likeness (QED) is 0.0320. The number of ether oxygens (including phenoxy) is 8. The summed E-state index contributed by atoms with van der Waals surface area (Å²) < 4.78 is 153. The van der Waals surface area contributed by atoms with E-state index in [1.165, 1.54) is 18.4 Å². The zero-order chi connectivity index (χ0) is 57.3. The van der Waals surface area contributed by atoms with Gasteiger partial charge in [0.05, 0.1) is 128 Å². The second-order valence-electron chi connectivity index (χ2n) is 18.2. The molecule has 0 saturated carbocycles. The third-order valence-electron chi connectivity index (χ3n) is 12.4. The number of imide groups is 1. The molecular weight excluding hydrogens is 1100 g/mol. The van der Waals surface area contributed by atoms with Crippen LogP contribution in [-0.2, 0) is 92.9 Å². The van der Waals surface area contributed by atoms with E-state index >= 15 is 0 Å². The predicted molar refractivity (Wildman–Crippen MR) is 284 cm³/mol. The summed E-state index contributed by atoms with van der Waals surface area (Å²) in [5.74, 6) is -2.37. The monoisotopic (exact) mass is 1170 g/mol. The molecule has 79 heavy (non-hydrogen) atoms. The Hall–Kier alpha value is -5.05. The van der Waals surface area contributed by atoms with Gasteiger partial charge in [-0.25, -0.2) is 9.37 Å². The highest BCUT2D eigenvalue weighted by Gasteiger charge is 2.44. The average molecular weight is 1180 g/mol. The van der Waals surface area contributed by atoms with Gasteiger partial charge in [0.2, 0.25) is 5.36 Å². The lowest BCUT2D eigenvalue weighted by atomic mass is 9.77. The highest BCUT2D eigenvalue weighted by atomic mass is 32.2. The number of hydroxylamine groups is 2. The maximum atomic E-state index is 12.4. The number of allylic oxidation sites excluding steroid dienone is 3. The molecule has 5 rings (SSSR count). The van der Waals surface area contributed by atoms with Crippen LogP contribution in [0.15, 0.2) is 75.9 Å². The fourth-order valence-corrected chi connectivity index (χ4v) is 10.1. The second kappa shape index (κ2) is 32.4. The van der Waals surface area contributed by atoms with Gasteiger partial charge >= 0.3 is 5.97 Å². The summed E-state index contributed by atoms with van der Waals surface area (Å²) in [4.78, 5) is 41.4. The van der Waals surface area contributed by atoms with Crippen LogP contribution in [0.1, 0.15) is 56.6 Å². The van der Waals surface area contributed by atoms with Gasteiger partial charge in [0, 0.05) is 61.3 Å². The first kappa shape index (κ1) is 64.8. The highest BCUT2D eigenvalue weighted by Crippen LogP contribution is 2.51. The zero-order valence-electron chi connectivity index (χ0n) is 44.4. The van der Waals surface area contributed by atoms with Crippen molar-refractivity contribution in [3.8, 4) is 11.3 Å². The van der Waals surface area contributed by atoms with Crippen LogP contribution in [-0.4, -0.2) is 199 Å². The van der Waals surface area contributed by atoms with E-state index in [1.54, 1.807) is 25.3 Å². The molecule has 3 aliphatic heterocycles. The molecule has 25 nitrogen and oxygen atoms in total. The Balaban J connectivity index is 1.24. The molecule has 1 aromatic carbocycles. The third-order valence-corrected chi connectivity index (χ3v) is 14.9. The lowest BCUT2D eigenvalue weighted by Gasteiger charge is -2.30. The average Bonchev–Trinajstić information content (AvgIpc) is 4.09. The number of anilines is 1. The zero-order valence-corrected chi connectivity index (χ0v) is 46.8. The van der Waals surface area contributed by atoms with E-state index < -0.39 is 65.1 Å². The summed E-state index contributed by atoms with van der Waals surface area (Å²) in [5, 5.41) is 1.19. The van der Waals surface area contributed by atoms with Crippen molar-refractivity contribution in [3.05, 3.63) is 83.1 Å². The smallest absolute Gasteiger partial charge is 0.335 e. The van der Waals surface area contributed by atoms with Gasteiger partial charge in [-0.05, 0) is 67.3 Å². The summed E-state index contributed by atoms with van der Waals surface area (Å²) in [6.07, 6.45) is 7.12. The Kier molecular flexibility index (Phi) is 26.6. The maximum Gasteiger partial charge on any atom is 0.335 e. The molecule has 1 aromatic rings. The van der Waals surface area contributed by atoms with Gasteiger partial charge in [0.15, 0.2) is 6.54 Å². The SMILES string of the molecule is COCCOCCOCCOCC[N+](CCCS(=O)(=O)O)=c1ccc2c(/C=C/C=C3/N(CCOCCOCCOCCOCCC(=O)ON4C(=O)CCC4=O)c4ccc(S(=O)(=O)O)cc4C3(C)CCCS(=O)(=O)O)ccoc-2c1.